The van der Waals surface area contributed by atoms with Crippen molar-refractivity contribution >= 4 is 22.9 Å². The van der Waals surface area contributed by atoms with Crippen LogP contribution in [0.5, 0.6) is 28.7 Å². The number of carbonyl (C=O) groups excluding carboxylic acids is 1. The van der Waals surface area contributed by atoms with Crippen LogP contribution in [-0.2, 0) is 9.59 Å². The molecule has 0 aliphatic heterocycles. The number of esters is 1. The standard InChI is InChI=1S/C20H17NO10/c21-10(2-4-15(26)27)20(29)31-19-17(28)16-13(25)6-9(22)7-14(16)30-18(19)8-1-3-11(23)12(24)5-8/h1,3,5-7,10,22-25H,2,4,21H2,(H,26,27)/t10-/m0/s1. The summed E-state index contributed by atoms with van der Waals surface area (Å²) in [5.74, 6) is -5.44. The fourth-order valence-electron chi connectivity index (χ4n) is 2.79. The Bertz CT molecular complexity index is 1250. The predicted molar refractivity (Wildman–Crippen MR) is 105 cm³/mol. The van der Waals surface area contributed by atoms with Crippen LogP contribution in [0.4, 0.5) is 0 Å². The van der Waals surface area contributed by atoms with Crippen LogP contribution in [-0.4, -0.2) is 43.5 Å². The highest BCUT2D eigenvalue weighted by atomic mass is 16.5. The summed E-state index contributed by atoms with van der Waals surface area (Å²) < 4.78 is 10.7. The van der Waals surface area contributed by atoms with Gasteiger partial charge in [0.05, 0.1) is 0 Å². The van der Waals surface area contributed by atoms with E-state index in [0.29, 0.717) is 0 Å². The lowest BCUT2D eigenvalue weighted by atomic mass is 10.1. The molecule has 0 spiro atoms. The molecule has 2 aromatic carbocycles. The molecule has 11 heteroatoms. The Morgan fingerprint density at radius 1 is 1.03 bits per heavy atom. The van der Waals surface area contributed by atoms with Crippen LogP contribution in [0.1, 0.15) is 12.8 Å². The predicted octanol–water partition coefficient (Wildman–Crippen LogP) is 1.38. The van der Waals surface area contributed by atoms with Crippen molar-refractivity contribution in [2.75, 3.05) is 0 Å². The zero-order chi connectivity index (χ0) is 22.9. The first kappa shape index (κ1) is 21.5. The van der Waals surface area contributed by atoms with E-state index < -0.39 is 64.0 Å². The number of ether oxygens (including phenoxy) is 1. The Kier molecular flexibility index (Phi) is 5.70. The Morgan fingerprint density at radius 3 is 2.39 bits per heavy atom. The van der Waals surface area contributed by atoms with Crippen molar-refractivity contribution in [1.29, 1.82) is 0 Å². The Morgan fingerprint density at radius 2 is 1.74 bits per heavy atom. The highest BCUT2D eigenvalue weighted by molar-refractivity contribution is 5.90. The van der Waals surface area contributed by atoms with Gasteiger partial charge < -0.3 is 40.4 Å². The summed E-state index contributed by atoms with van der Waals surface area (Å²) >= 11 is 0. The number of carbonyl (C=O) groups is 2. The molecule has 31 heavy (non-hydrogen) atoms. The van der Waals surface area contributed by atoms with Gasteiger partial charge in [0.2, 0.25) is 11.2 Å². The number of aliphatic carboxylic acids is 1. The van der Waals surface area contributed by atoms with Crippen LogP contribution in [0.3, 0.4) is 0 Å². The Labute approximate surface area is 173 Å². The van der Waals surface area contributed by atoms with Crippen LogP contribution >= 0.6 is 0 Å². The summed E-state index contributed by atoms with van der Waals surface area (Å²) in [4.78, 5) is 36.0. The van der Waals surface area contributed by atoms with Crippen molar-refractivity contribution in [3.63, 3.8) is 0 Å². The molecule has 3 aromatic rings. The van der Waals surface area contributed by atoms with Gasteiger partial charge in [0.25, 0.3) is 0 Å². The third-order valence-electron chi connectivity index (χ3n) is 4.33. The molecule has 1 aromatic heterocycles. The number of hydrogen-bond acceptors (Lipinski definition) is 10. The highest BCUT2D eigenvalue weighted by Crippen LogP contribution is 2.38. The summed E-state index contributed by atoms with van der Waals surface area (Å²) in [6.07, 6.45) is -0.678. The number of benzene rings is 2. The first-order chi connectivity index (χ1) is 14.6. The van der Waals surface area contributed by atoms with E-state index in [2.05, 4.69) is 0 Å². The van der Waals surface area contributed by atoms with E-state index in [1.807, 2.05) is 0 Å². The number of phenolic OH excluding ortho intramolecular Hbond substituents is 4. The monoisotopic (exact) mass is 431 g/mol. The van der Waals surface area contributed by atoms with Crippen molar-refractivity contribution < 1.29 is 44.3 Å². The van der Waals surface area contributed by atoms with Gasteiger partial charge in [-0.3, -0.25) is 9.59 Å². The van der Waals surface area contributed by atoms with E-state index in [9.17, 15) is 34.8 Å². The summed E-state index contributed by atoms with van der Waals surface area (Å²) in [5, 5.41) is 47.4. The highest BCUT2D eigenvalue weighted by Gasteiger charge is 2.26. The average molecular weight is 431 g/mol. The number of aromatic hydroxyl groups is 4. The van der Waals surface area contributed by atoms with Crippen LogP contribution in [0.2, 0.25) is 0 Å². The topological polar surface area (TPSA) is 201 Å². The Balaban J connectivity index is 2.18. The molecule has 0 saturated heterocycles. The molecular formula is C20H17NO10. The second kappa shape index (κ2) is 8.24. The van der Waals surface area contributed by atoms with E-state index >= 15 is 0 Å². The molecule has 0 bridgehead atoms. The van der Waals surface area contributed by atoms with Gasteiger partial charge in [-0.15, -0.1) is 0 Å². The van der Waals surface area contributed by atoms with Gasteiger partial charge in [0.15, 0.2) is 17.3 Å². The zero-order valence-corrected chi connectivity index (χ0v) is 15.7. The SMILES string of the molecule is N[C@@H](CCC(=O)O)C(=O)Oc1c(-c2ccc(O)c(O)c2)oc2cc(O)cc(O)c2c1=O. The van der Waals surface area contributed by atoms with Crippen molar-refractivity contribution in [3.05, 3.63) is 40.6 Å². The van der Waals surface area contributed by atoms with Crippen LogP contribution in [0.15, 0.2) is 39.5 Å². The number of nitrogens with two attached hydrogens (primary N) is 1. The summed E-state index contributed by atoms with van der Waals surface area (Å²) in [6.45, 7) is 0. The largest absolute Gasteiger partial charge is 0.508 e. The third kappa shape index (κ3) is 4.36. The fourth-order valence-corrected chi connectivity index (χ4v) is 2.79. The number of hydrogen-bond donors (Lipinski definition) is 6. The van der Waals surface area contributed by atoms with Crippen LogP contribution < -0.4 is 15.9 Å². The minimum atomic E-state index is -1.37. The molecule has 3 rings (SSSR count). The maximum atomic E-state index is 13.0. The second-order valence-corrected chi connectivity index (χ2v) is 6.59. The molecule has 11 nitrogen and oxygen atoms in total. The fraction of sp³-hybridized carbons (Fsp3) is 0.150. The second-order valence-electron chi connectivity index (χ2n) is 6.59. The maximum absolute atomic E-state index is 13.0. The van der Waals surface area contributed by atoms with Crippen molar-refractivity contribution in [3.8, 4) is 40.1 Å². The molecule has 162 valence electrons. The smallest absolute Gasteiger partial charge is 0.328 e. The zero-order valence-electron chi connectivity index (χ0n) is 15.7. The number of phenols is 4. The number of carboxylic acids is 1. The average Bonchev–Trinajstić information content (AvgIpc) is 2.69. The van der Waals surface area contributed by atoms with Gasteiger partial charge in [-0.1, -0.05) is 0 Å². The molecule has 0 fully saturated rings. The number of rotatable bonds is 6. The quantitative estimate of drug-likeness (QED) is 0.243. The van der Waals surface area contributed by atoms with Crippen LogP contribution in [0, 0.1) is 0 Å². The van der Waals surface area contributed by atoms with E-state index in [0.717, 1.165) is 24.3 Å². The van der Waals surface area contributed by atoms with Crippen molar-refractivity contribution in [2.24, 2.45) is 5.73 Å². The molecule has 0 aliphatic rings. The maximum Gasteiger partial charge on any atom is 0.328 e. The third-order valence-corrected chi connectivity index (χ3v) is 4.33. The summed E-state index contributed by atoms with van der Waals surface area (Å²) in [6, 6.07) is 3.94. The van der Waals surface area contributed by atoms with Gasteiger partial charge in [0, 0.05) is 24.1 Å². The lowest BCUT2D eigenvalue weighted by Gasteiger charge is -2.14. The van der Waals surface area contributed by atoms with Crippen LogP contribution in [0.25, 0.3) is 22.3 Å². The van der Waals surface area contributed by atoms with Gasteiger partial charge >= 0.3 is 11.9 Å². The lowest BCUT2D eigenvalue weighted by molar-refractivity contribution is -0.138. The van der Waals surface area contributed by atoms with Crippen molar-refractivity contribution in [2.45, 2.75) is 18.9 Å². The molecule has 7 N–H and O–H groups in total. The normalized spacial score (nSPS) is 11.9. The van der Waals surface area contributed by atoms with E-state index in [1.54, 1.807) is 0 Å². The summed E-state index contributed by atoms with van der Waals surface area (Å²) in [7, 11) is 0. The molecule has 0 radical (unpaired) electrons. The van der Waals surface area contributed by atoms with Gasteiger partial charge in [-0.25, -0.2) is 4.79 Å². The molecular weight excluding hydrogens is 414 g/mol. The van der Waals surface area contributed by atoms with Gasteiger partial charge in [-0.05, 0) is 24.6 Å². The first-order valence-corrected chi connectivity index (χ1v) is 8.82. The Hall–Kier alpha value is -4.25. The molecule has 0 saturated carbocycles. The van der Waals surface area contributed by atoms with E-state index in [-0.39, 0.29) is 23.3 Å². The number of carboxylic acid groups (broad SMARTS) is 1. The van der Waals surface area contributed by atoms with Gasteiger partial charge in [0.1, 0.15) is 28.5 Å². The molecule has 1 heterocycles. The molecule has 0 amide bonds. The first-order valence-electron chi connectivity index (χ1n) is 8.82. The van der Waals surface area contributed by atoms with Gasteiger partial charge in [-0.2, -0.15) is 0 Å². The molecule has 1 atom stereocenters. The van der Waals surface area contributed by atoms with E-state index in [1.165, 1.54) is 6.07 Å². The molecule has 0 aliphatic carbocycles. The number of fused-ring (bicyclic) bond motifs is 1. The minimum absolute atomic E-state index is 0.0130. The van der Waals surface area contributed by atoms with Crippen molar-refractivity contribution in [1.82, 2.24) is 0 Å². The lowest BCUT2D eigenvalue weighted by Crippen LogP contribution is -2.35. The molecule has 0 unspecified atom stereocenters. The van der Waals surface area contributed by atoms with E-state index in [4.69, 9.17) is 20.0 Å². The minimum Gasteiger partial charge on any atom is -0.508 e. The summed E-state index contributed by atoms with van der Waals surface area (Å²) in [5.41, 5.74) is 4.41.